The van der Waals surface area contributed by atoms with Crippen molar-refractivity contribution in [1.82, 2.24) is 4.98 Å². The molecule has 1 atom stereocenters. The molecule has 1 saturated heterocycles. The number of nitrogens with zero attached hydrogens (tertiary/aromatic N) is 1. The largest absolute Gasteiger partial charge is 0.492 e. The van der Waals surface area contributed by atoms with Crippen LogP contribution in [0.15, 0.2) is 18.5 Å². The van der Waals surface area contributed by atoms with Gasteiger partial charge in [0.15, 0.2) is 5.78 Å². The molecule has 2 heterocycles. The van der Waals surface area contributed by atoms with E-state index in [2.05, 4.69) is 4.98 Å². The van der Waals surface area contributed by atoms with Crippen LogP contribution in [0.25, 0.3) is 0 Å². The first-order valence-corrected chi connectivity index (χ1v) is 6.60. The molecule has 4 heteroatoms. The summed E-state index contributed by atoms with van der Waals surface area (Å²) in [4.78, 5) is 16.1. The highest BCUT2D eigenvalue weighted by molar-refractivity contribution is 8.00. The summed E-state index contributed by atoms with van der Waals surface area (Å²) in [5.74, 6) is 1.96. The molecule has 1 aliphatic rings. The quantitative estimate of drug-likeness (QED) is 0.754. The van der Waals surface area contributed by atoms with Gasteiger partial charge in [0.25, 0.3) is 0 Å². The summed E-state index contributed by atoms with van der Waals surface area (Å²) >= 11 is 1.75. The van der Waals surface area contributed by atoms with Crippen LogP contribution in [0.2, 0.25) is 0 Å². The molecular weight excluding hydrogens is 222 g/mol. The number of thioether (sulfide) groups is 1. The molecule has 0 saturated carbocycles. The molecule has 1 aromatic heterocycles. The van der Waals surface area contributed by atoms with E-state index in [0.29, 0.717) is 17.9 Å². The smallest absolute Gasteiger partial charge is 0.177 e. The van der Waals surface area contributed by atoms with E-state index in [0.717, 1.165) is 18.6 Å². The highest BCUT2D eigenvalue weighted by Gasteiger charge is 2.24. The predicted molar refractivity (Wildman–Crippen MR) is 65.2 cm³/mol. The summed E-state index contributed by atoms with van der Waals surface area (Å²) in [5.41, 5.74) is 0.672. The van der Waals surface area contributed by atoms with Crippen LogP contribution in [-0.2, 0) is 0 Å². The Labute approximate surface area is 99.6 Å². The van der Waals surface area contributed by atoms with Gasteiger partial charge in [-0.25, -0.2) is 0 Å². The Bertz CT molecular complexity index is 375. The second-order valence-electron chi connectivity index (χ2n) is 3.71. The molecule has 0 aromatic carbocycles. The maximum atomic E-state index is 12.1. The van der Waals surface area contributed by atoms with Crippen LogP contribution in [0.5, 0.6) is 5.75 Å². The number of pyridine rings is 1. The zero-order chi connectivity index (χ0) is 11.4. The van der Waals surface area contributed by atoms with Crippen molar-refractivity contribution in [3.63, 3.8) is 0 Å². The van der Waals surface area contributed by atoms with Crippen LogP contribution in [0.1, 0.15) is 30.1 Å². The van der Waals surface area contributed by atoms with Gasteiger partial charge in [-0.2, -0.15) is 11.8 Å². The molecule has 3 nitrogen and oxygen atoms in total. The number of hydrogen-bond donors (Lipinski definition) is 0. The topological polar surface area (TPSA) is 39.2 Å². The Morgan fingerprint density at radius 1 is 1.62 bits per heavy atom. The molecule has 2 rings (SSSR count). The standard InChI is InChI=1S/C12H15NO2S/c1-2-15-10-6-9(7-13-8-10)12(14)11-4-3-5-16-11/h6-8,11H,2-5H2,1H3. The number of carbonyl (C=O) groups excluding carboxylic acids is 1. The highest BCUT2D eigenvalue weighted by Crippen LogP contribution is 2.29. The van der Waals surface area contributed by atoms with E-state index in [1.165, 1.54) is 0 Å². The third-order valence-corrected chi connectivity index (χ3v) is 3.91. The van der Waals surface area contributed by atoms with Gasteiger partial charge < -0.3 is 4.74 Å². The number of hydrogen-bond acceptors (Lipinski definition) is 4. The van der Waals surface area contributed by atoms with Crippen molar-refractivity contribution in [3.8, 4) is 5.75 Å². The lowest BCUT2D eigenvalue weighted by Crippen LogP contribution is -2.14. The summed E-state index contributed by atoms with van der Waals surface area (Å²) in [7, 11) is 0. The van der Waals surface area contributed by atoms with E-state index in [4.69, 9.17) is 4.74 Å². The first kappa shape index (κ1) is 11.5. The van der Waals surface area contributed by atoms with Crippen molar-refractivity contribution < 1.29 is 9.53 Å². The van der Waals surface area contributed by atoms with E-state index in [1.54, 1.807) is 30.2 Å². The fourth-order valence-corrected chi connectivity index (χ4v) is 3.01. The third kappa shape index (κ3) is 2.55. The normalized spacial score (nSPS) is 19.7. The molecule has 0 bridgehead atoms. The average Bonchev–Trinajstić information content (AvgIpc) is 2.82. The maximum Gasteiger partial charge on any atom is 0.177 e. The fraction of sp³-hybridized carbons (Fsp3) is 0.500. The zero-order valence-corrected chi connectivity index (χ0v) is 10.1. The number of Topliss-reactive ketones (excluding diaryl/α,β-unsaturated/α-hetero) is 1. The van der Waals surface area contributed by atoms with E-state index in [9.17, 15) is 4.79 Å². The first-order valence-electron chi connectivity index (χ1n) is 5.55. The van der Waals surface area contributed by atoms with Gasteiger partial charge in [0, 0.05) is 11.8 Å². The summed E-state index contributed by atoms with van der Waals surface area (Å²) < 4.78 is 5.34. The van der Waals surface area contributed by atoms with Crippen molar-refractivity contribution in [2.75, 3.05) is 12.4 Å². The molecular formula is C12H15NO2S. The predicted octanol–water partition coefficient (Wildman–Crippen LogP) is 2.56. The monoisotopic (exact) mass is 237 g/mol. The minimum Gasteiger partial charge on any atom is -0.492 e. The first-order chi connectivity index (χ1) is 7.81. The van der Waals surface area contributed by atoms with E-state index >= 15 is 0 Å². The van der Waals surface area contributed by atoms with Crippen molar-refractivity contribution >= 4 is 17.5 Å². The number of ether oxygens (including phenoxy) is 1. The van der Waals surface area contributed by atoms with Crippen molar-refractivity contribution in [2.45, 2.75) is 25.0 Å². The van der Waals surface area contributed by atoms with Crippen LogP contribution in [0.3, 0.4) is 0 Å². The zero-order valence-electron chi connectivity index (χ0n) is 9.31. The number of carbonyl (C=O) groups is 1. The van der Waals surface area contributed by atoms with Crippen molar-refractivity contribution in [1.29, 1.82) is 0 Å². The average molecular weight is 237 g/mol. The lowest BCUT2D eigenvalue weighted by atomic mass is 10.1. The Morgan fingerprint density at radius 3 is 3.19 bits per heavy atom. The summed E-state index contributed by atoms with van der Waals surface area (Å²) in [6.07, 6.45) is 5.40. The van der Waals surface area contributed by atoms with E-state index < -0.39 is 0 Å². The summed E-state index contributed by atoms with van der Waals surface area (Å²) in [6.45, 7) is 2.51. The molecule has 0 N–H and O–H groups in total. The van der Waals surface area contributed by atoms with Crippen LogP contribution in [-0.4, -0.2) is 28.4 Å². The lowest BCUT2D eigenvalue weighted by molar-refractivity contribution is 0.0987. The maximum absolute atomic E-state index is 12.1. The van der Waals surface area contributed by atoms with Gasteiger partial charge in [0.2, 0.25) is 0 Å². The van der Waals surface area contributed by atoms with Crippen LogP contribution >= 0.6 is 11.8 Å². The SMILES string of the molecule is CCOc1cncc(C(=O)C2CCCS2)c1. The second-order valence-corrected chi connectivity index (χ2v) is 5.02. The Balaban J connectivity index is 2.12. The molecule has 86 valence electrons. The molecule has 0 amide bonds. The minimum atomic E-state index is 0.124. The molecule has 1 unspecified atom stereocenters. The third-order valence-electron chi connectivity index (χ3n) is 2.53. The van der Waals surface area contributed by atoms with Gasteiger partial charge in [-0.1, -0.05) is 0 Å². The molecule has 0 aliphatic carbocycles. The Hall–Kier alpha value is -1.03. The Kier molecular flexibility index (Phi) is 3.83. The molecule has 1 fully saturated rings. The molecule has 1 aliphatic heterocycles. The molecule has 0 spiro atoms. The highest BCUT2D eigenvalue weighted by atomic mass is 32.2. The van der Waals surface area contributed by atoms with Crippen molar-refractivity contribution in [2.24, 2.45) is 0 Å². The van der Waals surface area contributed by atoms with Gasteiger partial charge >= 0.3 is 0 Å². The van der Waals surface area contributed by atoms with Crippen molar-refractivity contribution in [3.05, 3.63) is 24.0 Å². The molecule has 16 heavy (non-hydrogen) atoms. The van der Waals surface area contributed by atoms with Crippen LogP contribution in [0, 0.1) is 0 Å². The fourth-order valence-electron chi connectivity index (χ4n) is 1.77. The number of ketones is 1. The van der Waals surface area contributed by atoms with Crippen LogP contribution in [0.4, 0.5) is 0 Å². The van der Waals surface area contributed by atoms with Gasteiger partial charge in [-0.15, -0.1) is 0 Å². The Morgan fingerprint density at radius 2 is 2.50 bits per heavy atom. The molecule has 0 radical (unpaired) electrons. The van der Waals surface area contributed by atoms with E-state index in [-0.39, 0.29) is 11.0 Å². The van der Waals surface area contributed by atoms with Crippen LogP contribution < -0.4 is 4.74 Å². The molecule has 1 aromatic rings. The number of rotatable bonds is 4. The minimum absolute atomic E-state index is 0.124. The van der Waals surface area contributed by atoms with Gasteiger partial charge in [0.05, 0.1) is 18.1 Å². The summed E-state index contributed by atoms with van der Waals surface area (Å²) in [5, 5.41) is 0.124. The number of aromatic nitrogens is 1. The second kappa shape index (κ2) is 5.34. The lowest BCUT2D eigenvalue weighted by Gasteiger charge is -2.08. The van der Waals surface area contributed by atoms with Gasteiger partial charge in [-0.3, -0.25) is 9.78 Å². The van der Waals surface area contributed by atoms with E-state index in [1.807, 2.05) is 6.92 Å². The van der Waals surface area contributed by atoms with Gasteiger partial charge in [-0.05, 0) is 31.6 Å². The van der Waals surface area contributed by atoms with Gasteiger partial charge in [0.1, 0.15) is 5.75 Å². The summed E-state index contributed by atoms with van der Waals surface area (Å²) in [6, 6.07) is 1.79.